The van der Waals surface area contributed by atoms with Crippen LogP contribution < -0.4 is 10.6 Å². The lowest BCUT2D eigenvalue weighted by atomic mass is 9.57. The summed E-state index contributed by atoms with van der Waals surface area (Å²) in [5.41, 5.74) is 2.43. The molecule has 160 valence electrons. The zero-order valence-corrected chi connectivity index (χ0v) is 20.3. The maximum absolute atomic E-state index is 5.92. The standard InChI is InChI=1S/C22H33N5O.HI/c1-5-23-21(26-19-16-11-14-28-20(16)22(19,3)4)24-12-8-13-27-15(2)25-17-9-6-7-10-18(17)27;/h6-7,9-10,16,19-20H,5,8,11-14H2,1-4H3,(H2,23,24,26);1H. The topological polar surface area (TPSA) is 63.5 Å². The van der Waals surface area contributed by atoms with Gasteiger partial charge >= 0.3 is 0 Å². The Balaban J connectivity index is 0.00000240. The molecule has 2 heterocycles. The molecule has 2 N–H and O–H groups in total. The Bertz CT molecular complexity index is 862. The van der Waals surface area contributed by atoms with Crippen LogP contribution in [0.2, 0.25) is 0 Å². The van der Waals surface area contributed by atoms with Crippen molar-refractivity contribution in [3.63, 3.8) is 0 Å². The molecule has 1 saturated carbocycles. The van der Waals surface area contributed by atoms with Gasteiger partial charge in [0, 0.05) is 43.6 Å². The summed E-state index contributed by atoms with van der Waals surface area (Å²) < 4.78 is 8.21. The summed E-state index contributed by atoms with van der Waals surface area (Å²) in [6.07, 6.45) is 2.53. The molecule has 1 aromatic carbocycles. The first kappa shape index (κ1) is 22.3. The Kier molecular flexibility index (Phi) is 7.09. The minimum Gasteiger partial charge on any atom is -0.377 e. The average Bonchev–Trinajstić information content (AvgIpc) is 3.26. The van der Waals surface area contributed by atoms with Crippen LogP contribution >= 0.6 is 24.0 Å². The number of guanidine groups is 1. The lowest BCUT2D eigenvalue weighted by molar-refractivity contribution is -0.106. The third-order valence-electron chi connectivity index (χ3n) is 6.39. The molecule has 3 atom stereocenters. The first-order valence-electron chi connectivity index (χ1n) is 10.6. The van der Waals surface area contributed by atoms with E-state index in [-0.39, 0.29) is 29.4 Å². The Morgan fingerprint density at radius 1 is 1.34 bits per heavy atom. The summed E-state index contributed by atoms with van der Waals surface area (Å²) in [7, 11) is 0. The molecule has 2 aromatic rings. The molecule has 1 aliphatic carbocycles. The number of nitrogens with one attached hydrogen (secondary N) is 2. The van der Waals surface area contributed by atoms with Gasteiger partial charge in [0.2, 0.25) is 0 Å². The summed E-state index contributed by atoms with van der Waals surface area (Å²) in [6, 6.07) is 8.76. The molecule has 0 radical (unpaired) electrons. The van der Waals surface area contributed by atoms with E-state index in [1.54, 1.807) is 0 Å². The quantitative estimate of drug-likeness (QED) is 0.269. The van der Waals surface area contributed by atoms with Gasteiger partial charge in [0.25, 0.3) is 0 Å². The van der Waals surface area contributed by atoms with Gasteiger partial charge in [-0.3, -0.25) is 4.99 Å². The molecule has 1 saturated heterocycles. The summed E-state index contributed by atoms with van der Waals surface area (Å²) in [5.74, 6) is 2.61. The van der Waals surface area contributed by atoms with Crippen molar-refractivity contribution in [2.45, 2.75) is 59.2 Å². The molecule has 2 aliphatic rings. The molecule has 6 nitrogen and oxygen atoms in total. The molecule has 1 aliphatic heterocycles. The molecule has 7 heteroatoms. The van der Waals surface area contributed by atoms with Gasteiger partial charge in [-0.25, -0.2) is 4.98 Å². The fraction of sp³-hybridized carbons (Fsp3) is 0.636. The van der Waals surface area contributed by atoms with Crippen molar-refractivity contribution in [3.8, 4) is 0 Å². The molecule has 0 spiro atoms. The number of aliphatic imine (C=N–C) groups is 1. The molecule has 0 amide bonds. The summed E-state index contributed by atoms with van der Waals surface area (Å²) >= 11 is 0. The first-order chi connectivity index (χ1) is 13.5. The molecule has 2 fully saturated rings. The van der Waals surface area contributed by atoms with Crippen LogP contribution in [0.25, 0.3) is 11.0 Å². The van der Waals surface area contributed by atoms with Crippen LogP contribution in [0.4, 0.5) is 0 Å². The number of aromatic nitrogens is 2. The fourth-order valence-corrected chi connectivity index (χ4v) is 4.98. The van der Waals surface area contributed by atoms with Crippen molar-refractivity contribution in [2.75, 3.05) is 19.7 Å². The number of hydrogen-bond acceptors (Lipinski definition) is 3. The van der Waals surface area contributed by atoms with Gasteiger partial charge in [0.1, 0.15) is 5.82 Å². The monoisotopic (exact) mass is 511 g/mol. The highest BCUT2D eigenvalue weighted by Gasteiger charge is 2.59. The van der Waals surface area contributed by atoms with Crippen molar-refractivity contribution >= 4 is 41.0 Å². The van der Waals surface area contributed by atoms with Gasteiger partial charge in [-0.1, -0.05) is 26.0 Å². The van der Waals surface area contributed by atoms with Gasteiger partial charge in [-0.15, -0.1) is 24.0 Å². The predicted molar refractivity (Wildman–Crippen MR) is 129 cm³/mol. The zero-order valence-electron chi connectivity index (χ0n) is 17.9. The summed E-state index contributed by atoms with van der Waals surface area (Å²) in [6.45, 7) is 12.3. The highest BCUT2D eigenvalue weighted by Crippen LogP contribution is 2.52. The smallest absolute Gasteiger partial charge is 0.191 e. The predicted octanol–water partition coefficient (Wildman–Crippen LogP) is 3.72. The van der Waals surface area contributed by atoms with Crippen molar-refractivity contribution in [3.05, 3.63) is 30.1 Å². The second kappa shape index (κ2) is 9.20. The first-order valence-corrected chi connectivity index (χ1v) is 10.6. The maximum Gasteiger partial charge on any atom is 0.191 e. The van der Waals surface area contributed by atoms with Gasteiger partial charge in [0.15, 0.2) is 5.96 Å². The van der Waals surface area contributed by atoms with E-state index in [9.17, 15) is 0 Å². The average molecular weight is 511 g/mol. The van der Waals surface area contributed by atoms with E-state index >= 15 is 0 Å². The SMILES string of the molecule is CCNC(=NCCCn1c(C)nc2ccccc21)NC1C2CCOC2C1(C)C.I. The van der Waals surface area contributed by atoms with Gasteiger partial charge in [-0.2, -0.15) is 0 Å². The summed E-state index contributed by atoms with van der Waals surface area (Å²) in [5, 5.41) is 7.10. The number of para-hydroxylation sites is 2. The Morgan fingerprint density at radius 3 is 2.93 bits per heavy atom. The molecule has 29 heavy (non-hydrogen) atoms. The Hall–Kier alpha value is -1.35. The normalized spacial score (nSPS) is 25.2. The number of hydrogen-bond donors (Lipinski definition) is 2. The van der Waals surface area contributed by atoms with Crippen LogP contribution in [0.15, 0.2) is 29.3 Å². The number of imidazole rings is 1. The highest BCUT2D eigenvalue weighted by molar-refractivity contribution is 14.0. The highest BCUT2D eigenvalue weighted by atomic mass is 127. The van der Waals surface area contributed by atoms with Crippen molar-refractivity contribution in [2.24, 2.45) is 16.3 Å². The van der Waals surface area contributed by atoms with Crippen LogP contribution in [-0.2, 0) is 11.3 Å². The van der Waals surface area contributed by atoms with E-state index in [0.29, 0.717) is 18.1 Å². The molecule has 1 aromatic heterocycles. The number of aryl methyl sites for hydroxylation is 2. The largest absolute Gasteiger partial charge is 0.377 e. The molecular weight excluding hydrogens is 477 g/mol. The maximum atomic E-state index is 5.92. The van der Waals surface area contributed by atoms with E-state index in [4.69, 9.17) is 9.73 Å². The fourth-order valence-electron chi connectivity index (χ4n) is 4.98. The van der Waals surface area contributed by atoms with E-state index in [1.165, 1.54) is 5.52 Å². The molecular formula is C22H34IN5O. The van der Waals surface area contributed by atoms with Crippen LogP contribution in [-0.4, -0.2) is 47.4 Å². The van der Waals surface area contributed by atoms with Crippen molar-refractivity contribution in [1.29, 1.82) is 0 Å². The number of benzene rings is 1. The Labute approximate surface area is 190 Å². The number of halogens is 1. The molecule has 3 unspecified atom stereocenters. The summed E-state index contributed by atoms with van der Waals surface area (Å²) in [4.78, 5) is 9.50. The number of ether oxygens (including phenoxy) is 1. The minimum absolute atomic E-state index is 0. The van der Waals surface area contributed by atoms with Crippen molar-refractivity contribution in [1.82, 2.24) is 20.2 Å². The van der Waals surface area contributed by atoms with Crippen molar-refractivity contribution < 1.29 is 4.74 Å². The Morgan fingerprint density at radius 2 is 2.14 bits per heavy atom. The zero-order chi connectivity index (χ0) is 19.7. The second-order valence-corrected chi connectivity index (χ2v) is 8.60. The second-order valence-electron chi connectivity index (χ2n) is 8.60. The lowest BCUT2D eigenvalue weighted by Crippen LogP contribution is -2.67. The van der Waals surface area contributed by atoms with Crippen LogP contribution in [0.3, 0.4) is 0 Å². The van der Waals surface area contributed by atoms with Crippen LogP contribution in [0.1, 0.15) is 39.4 Å². The van der Waals surface area contributed by atoms with Gasteiger partial charge < -0.3 is 19.9 Å². The van der Waals surface area contributed by atoms with E-state index in [2.05, 4.69) is 66.1 Å². The third-order valence-corrected chi connectivity index (χ3v) is 6.39. The van der Waals surface area contributed by atoms with Gasteiger partial charge in [-0.05, 0) is 38.8 Å². The lowest BCUT2D eigenvalue weighted by Gasteiger charge is -2.54. The molecule has 0 bridgehead atoms. The van der Waals surface area contributed by atoms with E-state index in [0.717, 1.165) is 56.4 Å². The van der Waals surface area contributed by atoms with E-state index in [1.807, 2.05) is 6.07 Å². The van der Waals surface area contributed by atoms with E-state index < -0.39 is 0 Å². The minimum atomic E-state index is 0. The van der Waals surface area contributed by atoms with Gasteiger partial charge in [0.05, 0.1) is 17.1 Å². The number of nitrogens with zero attached hydrogens (tertiary/aromatic N) is 3. The third kappa shape index (κ3) is 4.26. The van der Waals surface area contributed by atoms with Crippen LogP contribution in [0, 0.1) is 18.3 Å². The van der Waals surface area contributed by atoms with Crippen LogP contribution in [0.5, 0.6) is 0 Å². The molecule has 4 rings (SSSR count). The number of rotatable bonds is 6. The number of fused-ring (bicyclic) bond motifs is 2.